The third-order valence-electron chi connectivity index (χ3n) is 5.77. The molecule has 2 aromatic carbocycles. The Kier molecular flexibility index (Phi) is 4.49. The van der Waals surface area contributed by atoms with E-state index in [0.717, 1.165) is 36.3 Å². The molecular weight excluding hydrogens is 324 g/mol. The molecule has 4 nitrogen and oxygen atoms in total. The summed E-state index contributed by atoms with van der Waals surface area (Å²) in [6.07, 6.45) is 7.07. The fourth-order valence-electron chi connectivity index (χ4n) is 4.39. The lowest BCUT2D eigenvalue weighted by Gasteiger charge is -2.42. The predicted molar refractivity (Wildman–Crippen MR) is 104 cm³/mol. The molecule has 0 amide bonds. The SMILES string of the molecule is O=C(O)c1ccccc1CN=C1Nc2ccccc2CC12CCCCC2. The minimum atomic E-state index is -0.893. The number of carboxylic acid groups (broad SMARTS) is 1. The molecule has 1 saturated carbocycles. The Morgan fingerprint density at radius 2 is 1.77 bits per heavy atom. The summed E-state index contributed by atoms with van der Waals surface area (Å²) >= 11 is 0. The van der Waals surface area contributed by atoms with Crippen molar-refractivity contribution in [1.29, 1.82) is 0 Å². The molecule has 2 aliphatic rings. The van der Waals surface area contributed by atoms with Gasteiger partial charge in [-0.15, -0.1) is 0 Å². The highest BCUT2D eigenvalue weighted by Gasteiger charge is 2.40. The Bertz CT molecular complexity index is 851. The lowest BCUT2D eigenvalue weighted by molar-refractivity contribution is 0.0695. The molecule has 1 heterocycles. The molecule has 4 heteroatoms. The standard InChI is InChI=1S/C22H24N2O2/c25-20(26)18-10-4-2-9-17(18)15-23-21-22(12-6-1-7-13-22)14-16-8-3-5-11-19(16)24-21/h2-5,8-11H,1,6-7,12-15H2,(H,23,24)(H,25,26). The van der Waals surface area contributed by atoms with Gasteiger partial charge in [0.1, 0.15) is 5.84 Å². The van der Waals surface area contributed by atoms with Gasteiger partial charge in [0, 0.05) is 11.1 Å². The summed E-state index contributed by atoms with van der Waals surface area (Å²) < 4.78 is 0. The van der Waals surface area contributed by atoms with Gasteiger partial charge in [-0.05, 0) is 42.5 Å². The fraction of sp³-hybridized carbons (Fsp3) is 0.364. The molecule has 0 unspecified atom stereocenters. The number of nitrogens with one attached hydrogen (secondary N) is 1. The average Bonchev–Trinajstić information content (AvgIpc) is 2.67. The number of benzene rings is 2. The molecular formula is C22H24N2O2. The van der Waals surface area contributed by atoms with E-state index in [4.69, 9.17) is 4.99 Å². The van der Waals surface area contributed by atoms with Crippen LogP contribution in [-0.4, -0.2) is 16.9 Å². The molecule has 2 N–H and O–H groups in total. The third kappa shape index (κ3) is 3.12. The van der Waals surface area contributed by atoms with E-state index in [1.165, 1.54) is 24.8 Å². The molecule has 0 radical (unpaired) electrons. The van der Waals surface area contributed by atoms with Crippen molar-refractivity contribution in [2.45, 2.75) is 45.1 Å². The van der Waals surface area contributed by atoms with Crippen molar-refractivity contribution in [3.8, 4) is 0 Å². The number of hydrogen-bond donors (Lipinski definition) is 2. The van der Waals surface area contributed by atoms with Crippen molar-refractivity contribution < 1.29 is 9.90 Å². The Balaban J connectivity index is 1.69. The molecule has 0 atom stereocenters. The number of aliphatic imine (C=N–C) groups is 1. The van der Waals surface area contributed by atoms with Crippen LogP contribution in [0.25, 0.3) is 0 Å². The van der Waals surface area contributed by atoms with Crippen molar-refractivity contribution in [3.63, 3.8) is 0 Å². The maximum atomic E-state index is 11.5. The van der Waals surface area contributed by atoms with Crippen LogP contribution in [0.3, 0.4) is 0 Å². The highest BCUT2D eigenvalue weighted by Crippen LogP contribution is 2.45. The van der Waals surface area contributed by atoms with E-state index in [1.807, 2.05) is 18.2 Å². The Labute approximate surface area is 154 Å². The number of carbonyl (C=O) groups is 1. The molecule has 1 fully saturated rings. The summed E-state index contributed by atoms with van der Waals surface area (Å²) in [6.45, 7) is 0.398. The van der Waals surface area contributed by atoms with Crippen LogP contribution in [0.5, 0.6) is 0 Å². The van der Waals surface area contributed by atoms with Gasteiger partial charge in [0.15, 0.2) is 0 Å². The van der Waals surface area contributed by atoms with Gasteiger partial charge in [0.05, 0.1) is 12.1 Å². The monoisotopic (exact) mass is 348 g/mol. The molecule has 0 aromatic heterocycles. The van der Waals surface area contributed by atoms with Gasteiger partial charge in [0.25, 0.3) is 0 Å². The average molecular weight is 348 g/mol. The van der Waals surface area contributed by atoms with Gasteiger partial charge >= 0.3 is 5.97 Å². The minimum absolute atomic E-state index is 0.0742. The van der Waals surface area contributed by atoms with Crippen LogP contribution in [-0.2, 0) is 13.0 Å². The lowest BCUT2D eigenvalue weighted by Crippen LogP contribution is -2.43. The first-order valence-electron chi connectivity index (χ1n) is 9.39. The topological polar surface area (TPSA) is 61.7 Å². The zero-order chi connectivity index (χ0) is 18.0. The normalized spacial score (nSPS) is 19.8. The van der Waals surface area contributed by atoms with Crippen LogP contribution in [0, 0.1) is 5.41 Å². The Morgan fingerprint density at radius 3 is 2.58 bits per heavy atom. The molecule has 0 bridgehead atoms. The molecule has 0 saturated heterocycles. The van der Waals surface area contributed by atoms with Gasteiger partial charge in [-0.3, -0.25) is 4.99 Å². The fourth-order valence-corrected chi connectivity index (χ4v) is 4.39. The van der Waals surface area contributed by atoms with Crippen LogP contribution in [0.1, 0.15) is 53.6 Å². The van der Waals surface area contributed by atoms with E-state index in [9.17, 15) is 9.90 Å². The second-order valence-corrected chi connectivity index (χ2v) is 7.43. The largest absolute Gasteiger partial charge is 0.478 e. The first kappa shape index (κ1) is 16.8. The van der Waals surface area contributed by atoms with E-state index in [-0.39, 0.29) is 5.41 Å². The summed E-state index contributed by atoms with van der Waals surface area (Å²) in [5.74, 6) is 0.145. The number of para-hydroxylation sites is 1. The number of aromatic carboxylic acids is 1. The van der Waals surface area contributed by atoms with Gasteiger partial charge < -0.3 is 10.4 Å². The quantitative estimate of drug-likeness (QED) is 0.829. The van der Waals surface area contributed by atoms with Gasteiger partial charge in [0.2, 0.25) is 0 Å². The van der Waals surface area contributed by atoms with E-state index in [1.54, 1.807) is 12.1 Å². The molecule has 1 aliphatic carbocycles. The second kappa shape index (κ2) is 6.94. The highest BCUT2D eigenvalue weighted by molar-refractivity contribution is 6.02. The molecule has 1 spiro atoms. The van der Waals surface area contributed by atoms with Gasteiger partial charge in [-0.25, -0.2) is 4.79 Å². The third-order valence-corrected chi connectivity index (χ3v) is 5.77. The highest BCUT2D eigenvalue weighted by atomic mass is 16.4. The second-order valence-electron chi connectivity index (χ2n) is 7.43. The molecule has 2 aromatic rings. The first-order valence-corrected chi connectivity index (χ1v) is 9.39. The first-order chi connectivity index (χ1) is 12.7. The van der Waals surface area contributed by atoms with Crippen LogP contribution in [0.4, 0.5) is 5.69 Å². The summed E-state index contributed by atoms with van der Waals surface area (Å²) in [7, 11) is 0. The zero-order valence-electron chi connectivity index (χ0n) is 14.9. The number of carboxylic acids is 1. The number of fused-ring (bicyclic) bond motifs is 1. The van der Waals surface area contributed by atoms with Crippen LogP contribution in [0.15, 0.2) is 53.5 Å². The zero-order valence-corrected chi connectivity index (χ0v) is 14.9. The molecule has 1 aliphatic heterocycles. The summed E-state index contributed by atoms with van der Waals surface area (Å²) in [5, 5.41) is 13.0. The van der Waals surface area contributed by atoms with E-state index in [0.29, 0.717) is 12.1 Å². The summed E-state index contributed by atoms with van der Waals surface area (Å²) in [6, 6.07) is 15.6. The number of nitrogens with zero attached hydrogens (tertiary/aromatic N) is 1. The van der Waals surface area contributed by atoms with E-state index < -0.39 is 5.97 Å². The molecule has 4 rings (SSSR count). The summed E-state index contributed by atoms with van der Waals surface area (Å²) in [5.41, 5.74) is 3.67. The number of amidine groups is 1. The maximum absolute atomic E-state index is 11.5. The van der Waals surface area contributed by atoms with Gasteiger partial charge in [-0.1, -0.05) is 55.7 Å². The summed E-state index contributed by atoms with van der Waals surface area (Å²) in [4.78, 5) is 16.4. The van der Waals surface area contributed by atoms with Crippen LogP contribution in [0.2, 0.25) is 0 Å². The lowest BCUT2D eigenvalue weighted by atomic mass is 9.67. The van der Waals surface area contributed by atoms with Crippen LogP contribution >= 0.6 is 0 Å². The van der Waals surface area contributed by atoms with E-state index in [2.05, 4.69) is 23.5 Å². The minimum Gasteiger partial charge on any atom is -0.478 e. The maximum Gasteiger partial charge on any atom is 0.336 e. The molecule has 26 heavy (non-hydrogen) atoms. The van der Waals surface area contributed by atoms with Crippen molar-refractivity contribution >= 4 is 17.5 Å². The molecule has 134 valence electrons. The predicted octanol–water partition coefficient (Wildman–Crippen LogP) is 4.90. The van der Waals surface area contributed by atoms with E-state index >= 15 is 0 Å². The van der Waals surface area contributed by atoms with Crippen molar-refractivity contribution in [1.82, 2.24) is 0 Å². The van der Waals surface area contributed by atoms with Crippen molar-refractivity contribution in [3.05, 3.63) is 65.2 Å². The number of anilines is 1. The van der Waals surface area contributed by atoms with Crippen molar-refractivity contribution in [2.24, 2.45) is 10.4 Å². The Morgan fingerprint density at radius 1 is 1.04 bits per heavy atom. The number of rotatable bonds is 3. The smallest absolute Gasteiger partial charge is 0.336 e. The van der Waals surface area contributed by atoms with Gasteiger partial charge in [-0.2, -0.15) is 0 Å². The van der Waals surface area contributed by atoms with Crippen LogP contribution < -0.4 is 5.32 Å². The van der Waals surface area contributed by atoms with Crippen molar-refractivity contribution in [2.75, 3.05) is 5.32 Å². The number of hydrogen-bond acceptors (Lipinski definition) is 2. The Hall–Kier alpha value is -2.62.